The summed E-state index contributed by atoms with van der Waals surface area (Å²) in [5.74, 6) is -3.88. The Morgan fingerprint density at radius 3 is 2.56 bits per heavy atom. The molecule has 0 aliphatic heterocycles. The Labute approximate surface area is 91.5 Å². The maximum absolute atomic E-state index is 13.4. The minimum atomic E-state index is -2.59. The van der Waals surface area contributed by atoms with E-state index >= 15 is 0 Å². The van der Waals surface area contributed by atoms with Gasteiger partial charge in [0.15, 0.2) is 0 Å². The standard InChI is InChI=1S/C12H10F3N/c1-7-2-8(3-9-5-12(9,14)15)4-11(13)10(7)6-16/h2,4,9H,3,5H2,1H3. The molecule has 1 aromatic rings. The van der Waals surface area contributed by atoms with Gasteiger partial charge in [-0.15, -0.1) is 0 Å². The summed E-state index contributed by atoms with van der Waals surface area (Å²) >= 11 is 0. The van der Waals surface area contributed by atoms with Crippen molar-refractivity contribution >= 4 is 0 Å². The van der Waals surface area contributed by atoms with E-state index in [-0.39, 0.29) is 18.4 Å². The maximum atomic E-state index is 13.4. The van der Waals surface area contributed by atoms with Crippen LogP contribution >= 0.6 is 0 Å². The molecule has 1 fully saturated rings. The lowest BCUT2D eigenvalue weighted by atomic mass is 10.0. The van der Waals surface area contributed by atoms with Crippen molar-refractivity contribution in [1.29, 1.82) is 5.26 Å². The molecule has 0 radical (unpaired) electrons. The first-order valence-electron chi connectivity index (χ1n) is 5.01. The Morgan fingerprint density at radius 2 is 2.12 bits per heavy atom. The average Bonchev–Trinajstić information content (AvgIpc) is 2.72. The summed E-state index contributed by atoms with van der Waals surface area (Å²) in [4.78, 5) is 0. The van der Waals surface area contributed by atoms with Gasteiger partial charge >= 0.3 is 0 Å². The number of hydrogen-bond donors (Lipinski definition) is 0. The van der Waals surface area contributed by atoms with Crippen molar-refractivity contribution in [3.63, 3.8) is 0 Å². The van der Waals surface area contributed by atoms with Crippen LogP contribution in [-0.4, -0.2) is 5.92 Å². The van der Waals surface area contributed by atoms with Crippen LogP contribution in [0.3, 0.4) is 0 Å². The molecule has 1 nitrogen and oxygen atoms in total. The van der Waals surface area contributed by atoms with Crippen molar-refractivity contribution in [2.45, 2.75) is 25.7 Å². The van der Waals surface area contributed by atoms with Crippen LogP contribution in [0.5, 0.6) is 0 Å². The summed E-state index contributed by atoms with van der Waals surface area (Å²) in [6, 6.07) is 4.54. The van der Waals surface area contributed by atoms with E-state index in [9.17, 15) is 13.2 Å². The first kappa shape index (κ1) is 11.0. The van der Waals surface area contributed by atoms with Gasteiger partial charge in [0, 0.05) is 12.3 Å². The lowest BCUT2D eigenvalue weighted by Gasteiger charge is -2.05. The van der Waals surface area contributed by atoms with Gasteiger partial charge in [-0.05, 0) is 30.5 Å². The van der Waals surface area contributed by atoms with Crippen LogP contribution in [-0.2, 0) is 6.42 Å². The Balaban J connectivity index is 2.22. The highest BCUT2D eigenvalue weighted by atomic mass is 19.3. The molecular weight excluding hydrogens is 215 g/mol. The Morgan fingerprint density at radius 1 is 1.50 bits per heavy atom. The zero-order chi connectivity index (χ0) is 11.9. The van der Waals surface area contributed by atoms with Crippen LogP contribution < -0.4 is 0 Å². The molecule has 0 heterocycles. The highest BCUT2D eigenvalue weighted by Crippen LogP contribution is 2.50. The van der Waals surface area contributed by atoms with Gasteiger partial charge in [-0.3, -0.25) is 0 Å². The molecule has 0 aromatic heterocycles. The molecule has 0 N–H and O–H groups in total. The average molecular weight is 225 g/mol. The Bertz CT molecular complexity index is 451. The molecule has 2 rings (SSSR count). The van der Waals surface area contributed by atoms with Crippen molar-refractivity contribution in [3.05, 3.63) is 34.6 Å². The van der Waals surface area contributed by atoms with Crippen molar-refractivity contribution in [2.24, 2.45) is 5.92 Å². The molecule has 0 bridgehead atoms. The number of hydrogen-bond acceptors (Lipinski definition) is 1. The second-order valence-electron chi connectivity index (χ2n) is 4.25. The highest BCUT2D eigenvalue weighted by molar-refractivity contribution is 5.41. The van der Waals surface area contributed by atoms with E-state index in [1.807, 2.05) is 0 Å². The van der Waals surface area contributed by atoms with Crippen LogP contribution in [0.15, 0.2) is 12.1 Å². The van der Waals surface area contributed by atoms with Gasteiger partial charge in [0.1, 0.15) is 11.9 Å². The zero-order valence-corrected chi connectivity index (χ0v) is 8.73. The molecule has 1 aromatic carbocycles. The third-order valence-corrected chi connectivity index (χ3v) is 2.90. The SMILES string of the molecule is Cc1cc(CC2CC2(F)F)cc(F)c1C#N. The quantitative estimate of drug-likeness (QED) is 0.758. The van der Waals surface area contributed by atoms with Gasteiger partial charge in [0.05, 0.1) is 5.56 Å². The normalized spacial score (nSPS) is 21.6. The predicted octanol–water partition coefficient (Wildman–Crippen LogP) is 3.20. The number of nitriles is 1. The molecule has 1 aliphatic rings. The molecule has 1 unspecified atom stereocenters. The van der Waals surface area contributed by atoms with Crippen LogP contribution in [0.1, 0.15) is 23.1 Å². The third-order valence-electron chi connectivity index (χ3n) is 2.90. The molecule has 1 aliphatic carbocycles. The van der Waals surface area contributed by atoms with Gasteiger partial charge in [0.25, 0.3) is 5.92 Å². The largest absolute Gasteiger partial charge is 0.251 e. The number of nitrogens with zero attached hydrogens (tertiary/aromatic N) is 1. The second-order valence-corrected chi connectivity index (χ2v) is 4.25. The van der Waals surface area contributed by atoms with Crippen molar-refractivity contribution < 1.29 is 13.2 Å². The van der Waals surface area contributed by atoms with Crippen LogP contribution in [0.25, 0.3) is 0 Å². The molecule has 1 atom stereocenters. The number of aryl methyl sites for hydroxylation is 1. The number of halogens is 3. The first-order valence-corrected chi connectivity index (χ1v) is 5.01. The molecule has 1 saturated carbocycles. The molecule has 0 saturated heterocycles. The lowest BCUT2D eigenvalue weighted by molar-refractivity contribution is 0.0989. The molecular formula is C12H10F3N. The molecule has 0 amide bonds. The Hall–Kier alpha value is -1.50. The van der Waals surface area contributed by atoms with Gasteiger partial charge in [-0.25, -0.2) is 13.2 Å². The first-order chi connectivity index (χ1) is 7.44. The fraction of sp³-hybridized carbons (Fsp3) is 0.417. The fourth-order valence-corrected chi connectivity index (χ4v) is 1.85. The highest BCUT2D eigenvalue weighted by Gasteiger charge is 2.56. The smallest absolute Gasteiger partial charge is 0.207 e. The minimum absolute atomic E-state index is 0.00805. The molecule has 16 heavy (non-hydrogen) atoms. The van der Waals surface area contributed by atoms with E-state index in [0.717, 1.165) is 0 Å². The lowest BCUT2D eigenvalue weighted by Crippen LogP contribution is -2.00. The Kier molecular flexibility index (Phi) is 2.42. The van der Waals surface area contributed by atoms with E-state index in [1.54, 1.807) is 19.1 Å². The van der Waals surface area contributed by atoms with E-state index in [1.165, 1.54) is 6.07 Å². The van der Waals surface area contributed by atoms with Gasteiger partial charge in [-0.2, -0.15) is 5.26 Å². The topological polar surface area (TPSA) is 23.8 Å². The molecule has 0 spiro atoms. The molecule has 84 valence electrons. The fourth-order valence-electron chi connectivity index (χ4n) is 1.85. The number of benzene rings is 1. The maximum Gasteiger partial charge on any atom is 0.251 e. The van der Waals surface area contributed by atoms with Crippen LogP contribution in [0, 0.1) is 30.0 Å². The molecule has 4 heteroatoms. The summed E-state index contributed by atoms with van der Waals surface area (Å²) in [5.41, 5.74) is 1.03. The minimum Gasteiger partial charge on any atom is -0.207 e. The van der Waals surface area contributed by atoms with Crippen molar-refractivity contribution in [1.82, 2.24) is 0 Å². The van der Waals surface area contributed by atoms with Gasteiger partial charge in [-0.1, -0.05) is 6.07 Å². The van der Waals surface area contributed by atoms with Crippen molar-refractivity contribution in [2.75, 3.05) is 0 Å². The summed E-state index contributed by atoms with van der Waals surface area (Å²) < 4.78 is 38.7. The van der Waals surface area contributed by atoms with Crippen LogP contribution in [0.2, 0.25) is 0 Å². The van der Waals surface area contributed by atoms with E-state index < -0.39 is 17.7 Å². The van der Waals surface area contributed by atoms with E-state index in [4.69, 9.17) is 5.26 Å². The zero-order valence-electron chi connectivity index (χ0n) is 8.73. The van der Waals surface area contributed by atoms with E-state index in [2.05, 4.69) is 0 Å². The summed E-state index contributed by atoms with van der Waals surface area (Å²) in [7, 11) is 0. The number of rotatable bonds is 2. The monoisotopic (exact) mass is 225 g/mol. The van der Waals surface area contributed by atoms with Crippen LogP contribution in [0.4, 0.5) is 13.2 Å². The van der Waals surface area contributed by atoms with E-state index in [0.29, 0.717) is 11.1 Å². The predicted molar refractivity (Wildman–Crippen MR) is 52.6 cm³/mol. The third kappa shape index (κ3) is 1.90. The van der Waals surface area contributed by atoms with Gasteiger partial charge < -0.3 is 0 Å². The van der Waals surface area contributed by atoms with Gasteiger partial charge in [0.2, 0.25) is 0 Å². The second kappa shape index (κ2) is 3.51. The summed E-state index contributed by atoms with van der Waals surface area (Å²) in [6.45, 7) is 1.61. The van der Waals surface area contributed by atoms with Crippen molar-refractivity contribution in [3.8, 4) is 6.07 Å². The summed E-state index contributed by atoms with van der Waals surface area (Å²) in [6.07, 6.45) is 0.0597. The number of alkyl halides is 2. The summed E-state index contributed by atoms with van der Waals surface area (Å²) in [5, 5.41) is 8.66.